The molecule has 0 radical (unpaired) electrons. The van der Waals surface area contributed by atoms with Gasteiger partial charge in [-0.3, -0.25) is 14.8 Å². The van der Waals surface area contributed by atoms with Gasteiger partial charge in [-0.2, -0.15) is 5.10 Å². The maximum atomic E-state index is 11.4. The number of nitrogens with zero attached hydrogens (tertiary/aromatic N) is 2. The summed E-state index contributed by atoms with van der Waals surface area (Å²) in [6.07, 6.45) is 0.451. The predicted octanol–water partition coefficient (Wildman–Crippen LogP) is 0.715. The number of hydrogen-bond acceptors (Lipinski definition) is 3. The van der Waals surface area contributed by atoms with Crippen LogP contribution in [-0.2, 0) is 11.8 Å². The molecule has 0 bridgehead atoms. The molecular weight excluding hydrogens is 224 g/mol. The van der Waals surface area contributed by atoms with E-state index >= 15 is 0 Å². The highest BCUT2D eigenvalue weighted by molar-refractivity contribution is 5.88. The molecule has 0 aliphatic carbocycles. The van der Waals surface area contributed by atoms with Crippen LogP contribution < -0.4 is 10.6 Å². The molecule has 1 aromatic heterocycles. The summed E-state index contributed by atoms with van der Waals surface area (Å²) in [5.74, 6) is -0.395. The topological polar surface area (TPSA) is 96.2 Å². The number of nitrogens with one attached hydrogen (secondary N) is 2. The Hall–Kier alpha value is -2.05. The van der Waals surface area contributed by atoms with Crippen LogP contribution in [0.25, 0.3) is 0 Å². The summed E-state index contributed by atoms with van der Waals surface area (Å²) in [6, 6.07) is 1.37. The summed E-state index contributed by atoms with van der Waals surface area (Å²) < 4.78 is 1.65. The van der Waals surface area contributed by atoms with Crippen molar-refractivity contribution < 1.29 is 14.7 Å². The zero-order chi connectivity index (χ0) is 12.8. The van der Waals surface area contributed by atoms with Crippen molar-refractivity contribution in [2.75, 3.05) is 11.9 Å². The van der Waals surface area contributed by atoms with Crippen LogP contribution in [-0.4, -0.2) is 33.4 Å². The molecule has 1 aromatic rings. The molecular formula is C10H16N4O3. The molecule has 1 rings (SSSR count). The summed E-state index contributed by atoms with van der Waals surface area (Å²) in [5, 5.41) is 17.6. The molecule has 0 saturated carbocycles. The Bertz CT molecular complexity index is 394. The van der Waals surface area contributed by atoms with Gasteiger partial charge in [0.2, 0.25) is 0 Å². The molecule has 0 aliphatic rings. The second-order valence-corrected chi connectivity index (χ2v) is 3.67. The lowest BCUT2D eigenvalue weighted by atomic mass is 10.3. The van der Waals surface area contributed by atoms with Gasteiger partial charge in [-0.05, 0) is 13.3 Å². The number of rotatable bonds is 5. The van der Waals surface area contributed by atoms with E-state index in [0.717, 1.165) is 5.69 Å². The first-order valence-corrected chi connectivity index (χ1v) is 5.26. The molecule has 0 aromatic carbocycles. The largest absolute Gasteiger partial charge is 0.481 e. The maximum Gasteiger partial charge on any atom is 0.320 e. The number of carbonyl (C=O) groups is 2. The number of aryl methyl sites for hydroxylation is 2. The molecule has 0 aliphatic heterocycles. The molecule has 17 heavy (non-hydrogen) atoms. The third-order valence-electron chi connectivity index (χ3n) is 2.21. The highest BCUT2D eigenvalue weighted by Crippen LogP contribution is 2.05. The van der Waals surface area contributed by atoms with Crippen molar-refractivity contribution in [1.29, 1.82) is 0 Å². The van der Waals surface area contributed by atoms with E-state index in [9.17, 15) is 9.59 Å². The third-order valence-corrected chi connectivity index (χ3v) is 2.21. The fourth-order valence-electron chi connectivity index (χ4n) is 1.22. The van der Waals surface area contributed by atoms with E-state index in [1.54, 1.807) is 17.8 Å². The van der Waals surface area contributed by atoms with Crippen molar-refractivity contribution in [3.63, 3.8) is 0 Å². The first-order valence-electron chi connectivity index (χ1n) is 5.26. The average molecular weight is 240 g/mol. The zero-order valence-corrected chi connectivity index (χ0v) is 9.86. The predicted molar refractivity (Wildman–Crippen MR) is 61.8 cm³/mol. The minimum absolute atomic E-state index is 0.0446. The van der Waals surface area contributed by atoms with Crippen molar-refractivity contribution in [2.24, 2.45) is 7.05 Å². The van der Waals surface area contributed by atoms with Gasteiger partial charge in [0.1, 0.15) is 0 Å². The Morgan fingerprint density at radius 3 is 2.76 bits per heavy atom. The Kier molecular flexibility index (Phi) is 4.50. The van der Waals surface area contributed by atoms with Crippen LogP contribution in [0.5, 0.6) is 0 Å². The van der Waals surface area contributed by atoms with Gasteiger partial charge in [-0.15, -0.1) is 0 Å². The van der Waals surface area contributed by atoms with Crippen LogP contribution in [0.1, 0.15) is 18.5 Å². The Labute approximate surface area is 98.8 Å². The van der Waals surface area contributed by atoms with E-state index in [1.807, 2.05) is 6.92 Å². The first-order chi connectivity index (χ1) is 7.99. The number of aromatic nitrogens is 2. The Balaban J connectivity index is 2.27. The van der Waals surface area contributed by atoms with Crippen LogP contribution in [0, 0.1) is 6.92 Å². The molecule has 0 fully saturated rings. The normalized spacial score (nSPS) is 10.0. The fourth-order valence-corrected chi connectivity index (χ4v) is 1.22. The van der Waals surface area contributed by atoms with Crippen molar-refractivity contribution in [2.45, 2.75) is 19.8 Å². The Morgan fingerprint density at radius 1 is 1.53 bits per heavy atom. The van der Waals surface area contributed by atoms with Crippen molar-refractivity contribution in [3.8, 4) is 0 Å². The van der Waals surface area contributed by atoms with Gasteiger partial charge in [0.25, 0.3) is 0 Å². The highest BCUT2D eigenvalue weighted by Gasteiger charge is 2.05. The molecule has 94 valence electrons. The number of urea groups is 1. The van der Waals surface area contributed by atoms with E-state index in [4.69, 9.17) is 5.11 Å². The van der Waals surface area contributed by atoms with Crippen LogP contribution in [0.15, 0.2) is 6.07 Å². The lowest BCUT2D eigenvalue weighted by Gasteiger charge is -2.03. The second-order valence-electron chi connectivity index (χ2n) is 3.67. The number of hydrogen-bond donors (Lipinski definition) is 3. The van der Waals surface area contributed by atoms with E-state index in [1.165, 1.54) is 0 Å². The zero-order valence-electron chi connectivity index (χ0n) is 9.86. The summed E-state index contributed by atoms with van der Waals surface area (Å²) in [5.41, 5.74) is 0.936. The lowest BCUT2D eigenvalue weighted by molar-refractivity contribution is -0.137. The van der Waals surface area contributed by atoms with Gasteiger partial charge in [0, 0.05) is 31.8 Å². The standard InChI is InChI=1S/C10H16N4O3/c1-7-6-8(13-14(7)2)12-10(17)11-5-3-4-9(15)16/h6H,3-5H2,1-2H3,(H,15,16)(H2,11,12,13,17). The molecule has 0 saturated heterocycles. The van der Waals surface area contributed by atoms with Gasteiger partial charge < -0.3 is 10.4 Å². The van der Waals surface area contributed by atoms with Crippen LogP contribution >= 0.6 is 0 Å². The summed E-state index contributed by atoms with van der Waals surface area (Å²) in [7, 11) is 1.78. The summed E-state index contributed by atoms with van der Waals surface area (Å²) in [4.78, 5) is 21.6. The van der Waals surface area contributed by atoms with Gasteiger partial charge in [0.15, 0.2) is 5.82 Å². The minimum Gasteiger partial charge on any atom is -0.481 e. The number of carbonyl (C=O) groups excluding carboxylic acids is 1. The smallest absolute Gasteiger partial charge is 0.320 e. The molecule has 0 unspecified atom stereocenters. The van der Waals surface area contributed by atoms with Crippen molar-refractivity contribution in [3.05, 3.63) is 11.8 Å². The van der Waals surface area contributed by atoms with Crippen molar-refractivity contribution in [1.82, 2.24) is 15.1 Å². The SMILES string of the molecule is Cc1cc(NC(=O)NCCCC(=O)O)nn1C. The van der Waals surface area contributed by atoms with Crippen LogP contribution in [0.2, 0.25) is 0 Å². The van der Waals surface area contributed by atoms with E-state index in [2.05, 4.69) is 15.7 Å². The number of carboxylic acids is 1. The Morgan fingerprint density at radius 2 is 2.24 bits per heavy atom. The number of anilines is 1. The van der Waals surface area contributed by atoms with Gasteiger partial charge in [0.05, 0.1) is 0 Å². The molecule has 7 heteroatoms. The summed E-state index contributed by atoms with van der Waals surface area (Å²) >= 11 is 0. The molecule has 2 amide bonds. The average Bonchev–Trinajstić information content (AvgIpc) is 2.52. The van der Waals surface area contributed by atoms with Crippen LogP contribution in [0.4, 0.5) is 10.6 Å². The highest BCUT2D eigenvalue weighted by atomic mass is 16.4. The number of aliphatic carboxylic acids is 1. The van der Waals surface area contributed by atoms with E-state index < -0.39 is 5.97 Å². The maximum absolute atomic E-state index is 11.4. The monoisotopic (exact) mass is 240 g/mol. The molecule has 3 N–H and O–H groups in total. The van der Waals surface area contributed by atoms with E-state index in [0.29, 0.717) is 18.8 Å². The number of carboxylic acid groups (broad SMARTS) is 1. The molecule has 0 spiro atoms. The summed E-state index contributed by atoms with van der Waals surface area (Å²) in [6.45, 7) is 2.20. The molecule has 7 nitrogen and oxygen atoms in total. The first kappa shape index (κ1) is 13.0. The lowest BCUT2D eigenvalue weighted by Crippen LogP contribution is -2.30. The van der Waals surface area contributed by atoms with Crippen LogP contribution in [0.3, 0.4) is 0 Å². The van der Waals surface area contributed by atoms with Gasteiger partial charge in [-0.25, -0.2) is 4.79 Å². The van der Waals surface area contributed by atoms with Crippen molar-refractivity contribution >= 4 is 17.8 Å². The van der Waals surface area contributed by atoms with E-state index in [-0.39, 0.29) is 12.5 Å². The second kappa shape index (κ2) is 5.88. The van der Waals surface area contributed by atoms with Gasteiger partial charge >= 0.3 is 12.0 Å². The number of amides is 2. The van der Waals surface area contributed by atoms with Gasteiger partial charge in [-0.1, -0.05) is 0 Å². The third kappa shape index (κ3) is 4.54. The fraction of sp³-hybridized carbons (Fsp3) is 0.500. The minimum atomic E-state index is -0.868. The molecule has 1 heterocycles. The molecule has 0 atom stereocenters. The quantitative estimate of drug-likeness (QED) is 0.660.